The molecule has 22 heavy (non-hydrogen) atoms. The number of rotatable bonds is 9. The number of nitrogens with two attached hydrogens (primary N) is 1. The van der Waals surface area contributed by atoms with Crippen molar-refractivity contribution in [1.29, 1.82) is 0 Å². The van der Waals surface area contributed by atoms with Crippen LogP contribution in [-0.4, -0.2) is 32.8 Å². The molecule has 3 N–H and O–H groups in total. The van der Waals surface area contributed by atoms with Crippen LogP contribution < -0.4 is 20.5 Å². The molecule has 1 rings (SSSR count). The van der Waals surface area contributed by atoms with Crippen molar-refractivity contribution in [2.75, 3.05) is 26.8 Å². The predicted octanol–water partition coefficient (Wildman–Crippen LogP) is 3.03. The number of nitrogens with one attached hydrogen (secondary N) is 1. The summed E-state index contributed by atoms with van der Waals surface area (Å²) >= 11 is 0. The largest absolute Gasteiger partial charge is 0.497 e. The summed E-state index contributed by atoms with van der Waals surface area (Å²) in [5, 5.41) is 3.11. The summed E-state index contributed by atoms with van der Waals surface area (Å²) in [5.41, 5.74) is 5.77. The number of guanidine groups is 1. The van der Waals surface area contributed by atoms with E-state index in [9.17, 15) is 0 Å². The Balaban J connectivity index is 0.00000441. The van der Waals surface area contributed by atoms with E-state index in [0.29, 0.717) is 25.0 Å². The first kappa shape index (κ1) is 20.8. The number of aliphatic imine (C=N–C) groups is 1. The summed E-state index contributed by atoms with van der Waals surface area (Å²) in [6, 6.07) is 7.57. The Morgan fingerprint density at radius 1 is 1.32 bits per heavy atom. The van der Waals surface area contributed by atoms with Crippen molar-refractivity contribution in [3.8, 4) is 11.5 Å². The minimum Gasteiger partial charge on any atom is -0.497 e. The van der Waals surface area contributed by atoms with Crippen molar-refractivity contribution < 1.29 is 9.47 Å². The fourth-order valence-electron chi connectivity index (χ4n) is 1.69. The average molecular weight is 421 g/mol. The molecule has 0 heterocycles. The highest BCUT2D eigenvalue weighted by atomic mass is 127. The van der Waals surface area contributed by atoms with Gasteiger partial charge in [-0.05, 0) is 24.5 Å². The van der Waals surface area contributed by atoms with E-state index in [0.717, 1.165) is 30.9 Å². The number of nitrogens with zero attached hydrogens (tertiary/aromatic N) is 1. The maximum Gasteiger partial charge on any atom is 0.188 e. The van der Waals surface area contributed by atoms with Crippen LogP contribution >= 0.6 is 24.0 Å². The quantitative estimate of drug-likeness (QED) is 0.278. The topological polar surface area (TPSA) is 68.9 Å². The first-order valence-electron chi connectivity index (χ1n) is 7.42. The second-order valence-electron chi connectivity index (χ2n) is 5.26. The van der Waals surface area contributed by atoms with Crippen molar-refractivity contribution in [3.63, 3.8) is 0 Å². The van der Waals surface area contributed by atoms with Crippen molar-refractivity contribution in [2.24, 2.45) is 16.6 Å². The van der Waals surface area contributed by atoms with E-state index in [-0.39, 0.29) is 24.0 Å². The Hall–Kier alpha value is -1.18. The van der Waals surface area contributed by atoms with Gasteiger partial charge in [-0.2, -0.15) is 0 Å². The van der Waals surface area contributed by atoms with Gasteiger partial charge in [0.25, 0.3) is 0 Å². The molecule has 0 aliphatic rings. The van der Waals surface area contributed by atoms with E-state index in [4.69, 9.17) is 15.2 Å². The fourth-order valence-corrected chi connectivity index (χ4v) is 1.69. The molecule has 1 aromatic carbocycles. The third-order valence-electron chi connectivity index (χ3n) is 2.92. The minimum absolute atomic E-state index is 0. The molecule has 0 aromatic heterocycles. The second kappa shape index (κ2) is 12.4. The van der Waals surface area contributed by atoms with Crippen LogP contribution in [-0.2, 0) is 0 Å². The van der Waals surface area contributed by atoms with Gasteiger partial charge in [0.15, 0.2) is 5.96 Å². The van der Waals surface area contributed by atoms with E-state index < -0.39 is 0 Å². The summed E-state index contributed by atoms with van der Waals surface area (Å²) < 4.78 is 10.8. The molecule has 0 aliphatic carbocycles. The number of ether oxygens (including phenoxy) is 2. The zero-order chi connectivity index (χ0) is 15.5. The van der Waals surface area contributed by atoms with Gasteiger partial charge in [-0.15, -0.1) is 24.0 Å². The lowest BCUT2D eigenvalue weighted by Gasteiger charge is -2.08. The first-order valence-corrected chi connectivity index (χ1v) is 7.42. The molecule has 0 radical (unpaired) electrons. The second-order valence-corrected chi connectivity index (χ2v) is 5.26. The number of methoxy groups -OCH3 is 1. The normalized spacial score (nSPS) is 11.0. The van der Waals surface area contributed by atoms with Crippen LogP contribution in [0.1, 0.15) is 26.7 Å². The van der Waals surface area contributed by atoms with Gasteiger partial charge in [-0.3, -0.25) is 4.99 Å². The highest BCUT2D eigenvalue weighted by Crippen LogP contribution is 2.18. The minimum atomic E-state index is 0. The van der Waals surface area contributed by atoms with Gasteiger partial charge in [0.2, 0.25) is 0 Å². The van der Waals surface area contributed by atoms with Gasteiger partial charge in [-0.25, -0.2) is 0 Å². The standard InChI is InChI=1S/C16H27N3O2.HI/c1-13(2)8-10-19-16(17)18-9-5-11-21-15-7-4-6-14(12-15)20-3;/h4,6-7,12-13H,5,8-11H2,1-3H3,(H3,17,18,19);1H. The van der Waals surface area contributed by atoms with Crippen LogP contribution in [0.5, 0.6) is 11.5 Å². The highest BCUT2D eigenvalue weighted by Gasteiger charge is 1.97. The molecular weight excluding hydrogens is 393 g/mol. The molecular formula is C16H28IN3O2. The van der Waals surface area contributed by atoms with Crippen LogP contribution in [0.25, 0.3) is 0 Å². The Morgan fingerprint density at radius 3 is 2.73 bits per heavy atom. The lowest BCUT2D eigenvalue weighted by Crippen LogP contribution is -2.33. The molecule has 5 nitrogen and oxygen atoms in total. The van der Waals surface area contributed by atoms with Gasteiger partial charge < -0.3 is 20.5 Å². The fraction of sp³-hybridized carbons (Fsp3) is 0.562. The molecule has 0 bridgehead atoms. The number of benzene rings is 1. The smallest absolute Gasteiger partial charge is 0.188 e. The van der Waals surface area contributed by atoms with E-state index in [2.05, 4.69) is 24.2 Å². The monoisotopic (exact) mass is 421 g/mol. The number of halogens is 1. The van der Waals surface area contributed by atoms with Gasteiger partial charge >= 0.3 is 0 Å². The van der Waals surface area contributed by atoms with Crippen LogP contribution in [0.2, 0.25) is 0 Å². The maximum atomic E-state index is 5.77. The zero-order valence-electron chi connectivity index (χ0n) is 13.7. The van der Waals surface area contributed by atoms with Crippen LogP contribution in [0.15, 0.2) is 29.3 Å². The molecule has 1 aromatic rings. The number of hydrogen-bond acceptors (Lipinski definition) is 3. The molecule has 126 valence electrons. The molecule has 0 saturated heterocycles. The summed E-state index contributed by atoms with van der Waals surface area (Å²) in [6.07, 6.45) is 1.92. The van der Waals surface area contributed by atoms with E-state index in [1.54, 1.807) is 7.11 Å². The summed E-state index contributed by atoms with van der Waals surface area (Å²) in [7, 11) is 1.64. The van der Waals surface area contributed by atoms with Crippen molar-refractivity contribution in [2.45, 2.75) is 26.7 Å². The highest BCUT2D eigenvalue weighted by molar-refractivity contribution is 14.0. The Kier molecular flexibility index (Phi) is 11.7. The van der Waals surface area contributed by atoms with E-state index in [1.807, 2.05) is 24.3 Å². The predicted molar refractivity (Wildman–Crippen MR) is 102 cm³/mol. The van der Waals surface area contributed by atoms with Crippen molar-refractivity contribution in [3.05, 3.63) is 24.3 Å². The van der Waals surface area contributed by atoms with Gasteiger partial charge in [0, 0.05) is 25.6 Å². The molecule has 0 amide bonds. The third-order valence-corrected chi connectivity index (χ3v) is 2.92. The molecule has 0 aliphatic heterocycles. The SMILES string of the molecule is COc1cccc(OCCCN=C(N)NCCC(C)C)c1.I. The summed E-state index contributed by atoms with van der Waals surface area (Å²) in [5.74, 6) is 2.78. The van der Waals surface area contributed by atoms with Gasteiger partial charge in [0.1, 0.15) is 11.5 Å². The Bertz CT molecular complexity index is 439. The zero-order valence-corrected chi connectivity index (χ0v) is 16.0. The molecule has 0 spiro atoms. The van der Waals surface area contributed by atoms with Crippen LogP contribution in [0.4, 0.5) is 0 Å². The van der Waals surface area contributed by atoms with Gasteiger partial charge in [0.05, 0.1) is 13.7 Å². The van der Waals surface area contributed by atoms with E-state index >= 15 is 0 Å². The Morgan fingerprint density at radius 2 is 2.05 bits per heavy atom. The molecule has 0 atom stereocenters. The number of hydrogen-bond donors (Lipinski definition) is 2. The molecule has 6 heteroatoms. The van der Waals surface area contributed by atoms with Crippen LogP contribution in [0, 0.1) is 5.92 Å². The summed E-state index contributed by atoms with van der Waals surface area (Å²) in [4.78, 5) is 4.26. The molecule has 0 saturated carbocycles. The van der Waals surface area contributed by atoms with Crippen LogP contribution in [0.3, 0.4) is 0 Å². The third kappa shape index (κ3) is 9.70. The van der Waals surface area contributed by atoms with E-state index in [1.165, 1.54) is 0 Å². The summed E-state index contributed by atoms with van der Waals surface area (Å²) in [6.45, 7) is 6.50. The molecule has 0 unspecified atom stereocenters. The lowest BCUT2D eigenvalue weighted by molar-refractivity contribution is 0.311. The average Bonchev–Trinajstić information content (AvgIpc) is 2.46. The van der Waals surface area contributed by atoms with Gasteiger partial charge in [-0.1, -0.05) is 19.9 Å². The molecule has 0 fully saturated rings. The first-order chi connectivity index (χ1) is 10.1. The maximum absolute atomic E-state index is 5.77. The van der Waals surface area contributed by atoms with Crippen molar-refractivity contribution >= 4 is 29.9 Å². The lowest BCUT2D eigenvalue weighted by atomic mass is 10.1. The van der Waals surface area contributed by atoms with Crippen molar-refractivity contribution in [1.82, 2.24) is 5.32 Å². The Labute approximate surface area is 150 Å².